The van der Waals surface area contributed by atoms with Crippen LogP contribution in [-0.2, 0) is 0 Å². The summed E-state index contributed by atoms with van der Waals surface area (Å²) in [6, 6.07) is 18.0. The van der Waals surface area contributed by atoms with Gasteiger partial charge in [0.1, 0.15) is 29.8 Å². The van der Waals surface area contributed by atoms with Crippen LogP contribution in [0.2, 0.25) is 0 Å². The number of aromatic amines is 1. The SMILES string of the molecule is CC(O)C(O)C(O)c1cccc(C(=O)C(C(=O)c2cccc(F)c2)c2nc3ccccc3[nH]2)c1. The summed E-state index contributed by atoms with van der Waals surface area (Å²) in [7, 11) is 0. The molecule has 1 heterocycles. The molecule has 7 nitrogen and oxygen atoms in total. The zero-order valence-electron chi connectivity index (χ0n) is 18.2. The van der Waals surface area contributed by atoms with Gasteiger partial charge in [-0.25, -0.2) is 9.37 Å². The molecule has 0 saturated carbocycles. The minimum atomic E-state index is -1.47. The third kappa shape index (κ3) is 4.65. The third-order valence-electron chi connectivity index (χ3n) is 5.65. The number of ketones is 2. The number of imidazole rings is 1. The van der Waals surface area contributed by atoms with Crippen molar-refractivity contribution >= 4 is 22.6 Å². The number of hydrogen-bond acceptors (Lipinski definition) is 6. The fourth-order valence-electron chi connectivity index (χ4n) is 3.79. The zero-order chi connectivity index (χ0) is 24.4. The highest BCUT2D eigenvalue weighted by Gasteiger charge is 2.34. The maximum Gasteiger partial charge on any atom is 0.181 e. The molecule has 4 aromatic rings. The van der Waals surface area contributed by atoms with Crippen molar-refractivity contribution in [1.82, 2.24) is 9.97 Å². The fourth-order valence-corrected chi connectivity index (χ4v) is 3.79. The number of carbonyl (C=O) groups is 2. The number of halogens is 1. The lowest BCUT2D eigenvalue weighted by molar-refractivity contribution is -0.0531. The van der Waals surface area contributed by atoms with E-state index >= 15 is 0 Å². The molecule has 34 heavy (non-hydrogen) atoms. The van der Waals surface area contributed by atoms with Crippen molar-refractivity contribution in [1.29, 1.82) is 0 Å². The second-order valence-corrected chi connectivity index (χ2v) is 8.11. The van der Waals surface area contributed by atoms with Crippen molar-refractivity contribution in [2.45, 2.75) is 31.2 Å². The largest absolute Gasteiger partial charge is 0.391 e. The van der Waals surface area contributed by atoms with Crippen molar-refractivity contribution in [3.8, 4) is 0 Å². The van der Waals surface area contributed by atoms with Crippen LogP contribution in [0.15, 0.2) is 72.8 Å². The van der Waals surface area contributed by atoms with Gasteiger partial charge < -0.3 is 20.3 Å². The van der Waals surface area contributed by atoms with Crippen LogP contribution < -0.4 is 0 Å². The molecule has 0 aliphatic carbocycles. The van der Waals surface area contributed by atoms with Crippen LogP contribution in [0.4, 0.5) is 4.39 Å². The quantitative estimate of drug-likeness (QED) is 0.235. The Bertz CT molecular complexity index is 1320. The molecule has 0 spiro atoms. The van der Waals surface area contributed by atoms with Crippen molar-refractivity contribution in [2.24, 2.45) is 0 Å². The van der Waals surface area contributed by atoms with Gasteiger partial charge in [0.15, 0.2) is 11.6 Å². The van der Waals surface area contributed by atoms with Gasteiger partial charge in [-0.15, -0.1) is 0 Å². The van der Waals surface area contributed by atoms with Crippen LogP contribution in [-0.4, -0.2) is 49.1 Å². The lowest BCUT2D eigenvalue weighted by atomic mass is 9.88. The van der Waals surface area contributed by atoms with E-state index in [-0.39, 0.29) is 22.5 Å². The molecule has 0 amide bonds. The van der Waals surface area contributed by atoms with E-state index in [4.69, 9.17) is 0 Å². The van der Waals surface area contributed by atoms with Gasteiger partial charge in [0, 0.05) is 11.1 Å². The highest BCUT2D eigenvalue weighted by atomic mass is 19.1. The van der Waals surface area contributed by atoms with Gasteiger partial charge in [-0.2, -0.15) is 0 Å². The number of carbonyl (C=O) groups excluding carboxylic acids is 2. The van der Waals surface area contributed by atoms with Crippen LogP contribution in [0.3, 0.4) is 0 Å². The van der Waals surface area contributed by atoms with Crippen LogP contribution >= 0.6 is 0 Å². The number of rotatable bonds is 8. The molecule has 4 atom stereocenters. The Hall–Kier alpha value is -3.72. The average molecular weight is 462 g/mol. The summed E-state index contributed by atoms with van der Waals surface area (Å²) in [6.07, 6.45) is -4.12. The summed E-state index contributed by atoms with van der Waals surface area (Å²) in [5.41, 5.74) is 1.49. The van der Waals surface area contributed by atoms with Gasteiger partial charge in [-0.1, -0.05) is 42.5 Å². The van der Waals surface area contributed by atoms with Gasteiger partial charge in [-0.3, -0.25) is 9.59 Å². The first-order valence-electron chi connectivity index (χ1n) is 10.7. The first kappa shape index (κ1) is 23.4. The van der Waals surface area contributed by atoms with E-state index in [0.29, 0.717) is 11.0 Å². The summed E-state index contributed by atoms with van der Waals surface area (Å²) in [5, 5.41) is 30.0. The molecule has 4 unspecified atom stereocenters. The second-order valence-electron chi connectivity index (χ2n) is 8.11. The highest BCUT2D eigenvalue weighted by Crippen LogP contribution is 2.28. The number of nitrogens with one attached hydrogen (secondary N) is 1. The Kier molecular flexibility index (Phi) is 6.65. The number of benzene rings is 3. The third-order valence-corrected chi connectivity index (χ3v) is 5.65. The van der Waals surface area contributed by atoms with Crippen molar-refractivity contribution < 1.29 is 29.3 Å². The maximum absolute atomic E-state index is 13.8. The van der Waals surface area contributed by atoms with Gasteiger partial charge in [-0.05, 0) is 42.8 Å². The van der Waals surface area contributed by atoms with Gasteiger partial charge >= 0.3 is 0 Å². The van der Waals surface area contributed by atoms with Crippen LogP contribution in [0.1, 0.15) is 51.0 Å². The lowest BCUT2D eigenvalue weighted by Crippen LogP contribution is -2.30. The zero-order valence-corrected chi connectivity index (χ0v) is 18.2. The summed E-state index contributed by atoms with van der Waals surface area (Å²) >= 11 is 0. The van der Waals surface area contributed by atoms with E-state index in [9.17, 15) is 29.3 Å². The maximum atomic E-state index is 13.8. The van der Waals surface area contributed by atoms with Gasteiger partial charge in [0.2, 0.25) is 0 Å². The number of aliphatic hydroxyl groups excluding tert-OH is 3. The molecular formula is C26H23FN2O5. The predicted octanol–water partition coefficient (Wildman–Crippen LogP) is 3.33. The van der Waals surface area contributed by atoms with E-state index < -0.39 is 41.6 Å². The number of fused-ring (bicyclic) bond motifs is 1. The molecule has 4 rings (SSSR count). The van der Waals surface area contributed by atoms with Crippen LogP contribution in [0.25, 0.3) is 11.0 Å². The van der Waals surface area contributed by atoms with E-state index in [1.807, 2.05) is 0 Å². The lowest BCUT2D eigenvalue weighted by Gasteiger charge is -2.21. The smallest absolute Gasteiger partial charge is 0.181 e. The fraction of sp³-hybridized carbons (Fsp3) is 0.192. The van der Waals surface area contributed by atoms with E-state index in [0.717, 1.165) is 6.07 Å². The van der Waals surface area contributed by atoms with Crippen molar-refractivity contribution in [3.63, 3.8) is 0 Å². The molecular weight excluding hydrogens is 439 g/mol. The molecule has 8 heteroatoms. The highest BCUT2D eigenvalue weighted by molar-refractivity contribution is 6.19. The molecule has 0 fully saturated rings. The molecule has 0 saturated heterocycles. The molecule has 0 aliphatic heterocycles. The van der Waals surface area contributed by atoms with E-state index in [1.54, 1.807) is 24.3 Å². The standard InChI is InChI=1S/C26H23FN2O5/c1-14(30)22(31)25(34)16-7-4-6-15(12-16)23(32)21(24(33)17-8-5-9-18(27)13-17)26-28-19-10-2-3-11-20(19)29-26/h2-14,21-22,25,30-31,34H,1H3,(H,28,29). The second kappa shape index (κ2) is 9.64. The number of hydrogen-bond donors (Lipinski definition) is 4. The summed E-state index contributed by atoms with van der Waals surface area (Å²) in [4.78, 5) is 34.5. The Morgan fingerprint density at radius 3 is 2.18 bits per heavy atom. The first-order chi connectivity index (χ1) is 16.3. The average Bonchev–Trinajstić information content (AvgIpc) is 3.26. The summed E-state index contributed by atoms with van der Waals surface area (Å²) < 4.78 is 13.8. The molecule has 3 aromatic carbocycles. The van der Waals surface area contributed by atoms with E-state index in [1.165, 1.54) is 49.4 Å². The van der Waals surface area contributed by atoms with Crippen molar-refractivity contribution in [2.75, 3.05) is 0 Å². The summed E-state index contributed by atoms with van der Waals surface area (Å²) in [6.45, 7) is 1.33. The Balaban J connectivity index is 1.78. The molecule has 1 aromatic heterocycles. The number of Topliss-reactive ketones (excluding diaryl/α,β-unsaturated/α-hetero) is 2. The normalized spacial score (nSPS) is 15.0. The predicted molar refractivity (Wildman–Crippen MR) is 123 cm³/mol. The van der Waals surface area contributed by atoms with Gasteiger partial charge in [0.25, 0.3) is 0 Å². The molecule has 4 N–H and O–H groups in total. The minimum absolute atomic E-state index is 0.0134. The van der Waals surface area contributed by atoms with E-state index in [2.05, 4.69) is 9.97 Å². The van der Waals surface area contributed by atoms with Crippen LogP contribution in [0.5, 0.6) is 0 Å². The number of aromatic nitrogens is 2. The van der Waals surface area contributed by atoms with Crippen molar-refractivity contribution in [3.05, 3.63) is 101 Å². The number of para-hydroxylation sites is 2. The molecule has 0 bridgehead atoms. The minimum Gasteiger partial charge on any atom is -0.391 e. The van der Waals surface area contributed by atoms with Gasteiger partial charge in [0.05, 0.1) is 17.1 Å². The Morgan fingerprint density at radius 1 is 0.882 bits per heavy atom. The summed E-state index contributed by atoms with van der Waals surface area (Å²) in [5.74, 6) is -3.16. The molecule has 0 aliphatic rings. The first-order valence-corrected chi connectivity index (χ1v) is 10.7. The Labute approximate surface area is 194 Å². The number of H-pyrrole nitrogens is 1. The molecule has 174 valence electrons. The topological polar surface area (TPSA) is 124 Å². The Morgan fingerprint density at radius 2 is 1.53 bits per heavy atom. The molecule has 0 radical (unpaired) electrons. The monoisotopic (exact) mass is 462 g/mol. The number of aliphatic hydroxyl groups is 3. The number of nitrogens with zero attached hydrogens (tertiary/aromatic N) is 1. The van der Waals surface area contributed by atoms with Crippen LogP contribution in [0, 0.1) is 5.82 Å².